The predicted molar refractivity (Wildman–Crippen MR) is 54.6 cm³/mol. The SMILES string of the molecule is C[C@@H](N)C(=O)N[C@@H]1CC[C@H](O)[C@@H](C)C1. The number of carbonyl (C=O) groups excluding carboxylic acids is 1. The van der Waals surface area contributed by atoms with Gasteiger partial charge in [0.25, 0.3) is 0 Å². The molecule has 1 aliphatic carbocycles. The van der Waals surface area contributed by atoms with Crippen molar-refractivity contribution in [3.63, 3.8) is 0 Å². The van der Waals surface area contributed by atoms with Crippen LogP contribution in [0.2, 0.25) is 0 Å². The lowest BCUT2D eigenvalue weighted by molar-refractivity contribution is -0.123. The van der Waals surface area contributed by atoms with E-state index >= 15 is 0 Å². The maximum atomic E-state index is 11.3. The molecule has 4 nitrogen and oxygen atoms in total. The molecule has 0 spiro atoms. The van der Waals surface area contributed by atoms with E-state index in [0.29, 0.717) is 0 Å². The number of aliphatic hydroxyl groups is 1. The molecule has 1 aliphatic rings. The Kier molecular flexibility index (Phi) is 3.89. The Balaban J connectivity index is 2.37. The standard InChI is InChI=1S/C10H20N2O2/c1-6-5-8(3-4-9(6)13)12-10(14)7(2)11/h6-9,13H,3-5,11H2,1-2H3,(H,12,14)/t6-,7+,8+,9-/m0/s1. The molecule has 0 aromatic carbocycles. The van der Waals surface area contributed by atoms with Crippen LogP contribution in [-0.4, -0.2) is 29.2 Å². The lowest BCUT2D eigenvalue weighted by atomic mass is 9.84. The highest BCUT2D eigenvalue weighted by Crippen LogP contribution is 2.24. The van der Waals surface area contributed by atoms with E-state index in [0.717, 1.165) is 19.3 Å². The Bertz CT molecular complexity index is 206. The minimum Gasteiger partial charge on any atom is -0.393 e. The largest absolute Gasteiger partial charge is 0.393 e. The molecular weight excluding hydrogens is 180 g/mol. The van der Waals surface area contributed by atoms with Crippen LogP contribution < -0.4 is 11.1 Å². The van der Waals surface area contributed by atoms with Gasteiger partial charge in [-0.05, 0) is 32.1 Å². The van der Waals surface area contributed by atoms with Crippen molar-refractivity contribution in [2.45, 2.75) is 51.3 Å². The molecule has 0 aliphatic heterocycles. The van der Waals surface area contributed by atoms with Crippen molar-refractivity contribution in [1.29, 1.82) is 0 Å². The molecule has 0 heterocycles. The summed E-state index contributed by atoms with van der Waals surface area (Å²) in [4.78, 5) is 11.3. The lowest BCUT2D eigenvalue weighted by Gasteiger charge is -2.31. The summed E-state index contributed by atoms with van der Waals surface area (Å²) in [6.45, 7) is 3.69. The van der Waals surface area contributed by atoms with Crippen molar-refractivity contribution in [3.05, 3.63) is 0 Å². The van der Waals surface area contributed by atoms with E-state index in [-0.39, 0.29) is 24.0 Å². The zero-order chi connectivity index (χ0) is 10.7. The minimum atomic E-state index is -0.447. The number of hydrogen-bond acceptors (Lipinski definition) is 3. The van der Waals surface area contributed by atoms with Crippen molar-refractivity contribution in [1.82, 2.24) is 5.32 Å². The summed E-state index contributed by atoms with van der Waals surface area (Å²) in [6.07, 6.45) is 2.26. The van der Waals surface area contributed by atoms with Crippen molar-refractivity contribution in [2.75, 3.05) is 0 Å². The first kappa shape index (κ1) is 11.5. The van der Waals surface area contributed by atoms with Crippen molar-refractivity contribution < 1.29 is 9.90 Å². The molecule has 14 heavy (non-hydrogen) atoms. The fraction of sp³-hybridized carbons (Fsp3) is 0.900. The van der Waals surface area contributed by atoms with Crippen LogP contribution in [-0.2, 0) is 4.79 Å². The third kappa shape index (κ3) is 2.96. The Labute approximate surface area is 84.9 Å². The maximum Gasteiger partial charge on any atom is 0.236 e. The first-order valence-corrected chi connectivity index (χ1v) is 5.24. The van der Waals surface area contributed by atoms with Crippen LogP contribution in [0.25, 0.3) is 0 Å². The first-order valence-electron chi connectivity index (χ1n) is 5.24. The molecule has 0 aromatic rings. The van der Waals surface area contributed by atoms with Gasteiger partial charge in [0.2, 0.25) is 5.91 Å². The molecular formula is C10H20N2O2. The lowest BCUT2D eigenvalue weighted by Crippen LogP contribution is -2.47. The van der Waals surface area contributed by atoms with E-state index in [4.69, 9.17) is 5.73 Å². The van der Waals surface area contributed by atoms with E-state index in [1.54, 1.807) is 6.92 Å². The molecule has 82 valence electrons. The van der Waals surface area contributed by atoms with Crippen LogP contribution in [0, 0.1) is 5.92 Å². The van der Waals surface area contributed by atoms with Gasteiger partial charge in [0.05, 0.1) is 12.1 Å². The average Bonchev–Trinajstić information content (AvgIpc) is 2.11. The van der Waals surface area contributed by atoms with Crippen LogP contribution in [0.3, 0.4) is 0 Å². The molecule has 0 aromatic heterocycles. The Morgan fingerprint density at radius 2 is 2.21 bits per heavy atom. The van der Waals surface area contributed by atoms with E-state index in [9.17, 15) is 9.90 Å². The maximum absolute atomic E-state index is 11.3. The normalized spacial score (nSPS) is 35.0. The van der Waals surface area contributed by atoms with Gasteiger partial charge in [0.1, 0.15) is 0 Å². The summed E-state index contributed by atoms with van der Waals surface area (Å²) in [6, 6.07) is -0.260. The van der Waals surface area contributed by atoms with Crippen molar-refractivity contribution in [3.8, 4) is 0 Å². The zero-order valence-electron chi connectivity index (χ0n) is 8.86. The molecule has 0 bridgehead atoms. The fourth-order valence-corrected chi connectivity index (χ4v) is 1.84. The minimum absolute atomic E-state index is 0.0985. The fourth-order valence-electron chi connectivity index (χ4n) is 1.84. The van der Waals surface area contributed by atoms with Crippen LogP contribution in [0.15, 0.2) is 0 Å². The van der Waals surface area contributed by atoms with Crippen LogP contribution in [0.4, 0.5) is 0 Å². The molecule has 0 unspecified atom stereocenters. The number of nitrogens with one attached hydrogen (secondary N) is 1. The van der Waals surface area contributed by atoms with E-state index in [1.807, 2.05) is 6.92 Å². The summed E-state index contributed by atoms with van der Waals surface area (Å²) in [5.74, 6) is 0.167. The number of aliphatic hydroxyl groups excluding tert-OH is 1. The van der Waals surface area contributed by atoms with E-state index < -0.39 is 6.04 Å². The Hall–Kier alpha value is -0.610. The highest BCUT2D eigenvalue weighted by molar-refractivity contribution is 5.81. The molecule has 4 atom stereocenters. The van der Waals surface area contributed by atoms with Crippen LogP contribution in [0.5, 0.6) is 0 Å². The second-order valence-electron chi connectivity index (χ2n) is 4.35. The molecule has 1 fully saturated rings. The third-order valence-electron chi connectivity index (χ3n) is 2.88. The summed E-state index contributed by atoms with van der Waals surface area (Å²) in [7, 11) is 0. The second kappa shape index (κ2) is 4.75. The topological polar surface area (TPSA) is 75.4 Å². The summed E-state index contributed by atoms with van der Waals surface area (Å²) < 4.78 is 0. The smallest absolute Gasteiger partial charge is 0.236 e. The number of nitrogens with two attached hydrogens (primary N) is 1. The number of rotatable bonds is 2. The third-order valence-corrected chi connectivity index (χ3v) is 2.88. The average molecular weight is 200 g/mol. The Morgan fingerprint density at radius 3 is 2.71 bits per heavy atom. The van der Waals surface area contributed by atoms with Gasteiger partial charge >= 0.3 is 0 Å². The first-order chi connectivity index (χ1) is 6.50. The van der Waals surface area contributed by atoms with Gasteiger partial charge in [0.15, 0.2) is 0 Å². The van der Waals surface area contributed by atoms with Gasteiger partial charge in [-0.15, -0.1) is 0 Å². The number of carbonyl (C=O) groups is 1. The second-order valence-corrected chi connectivity index (χ2v) is 4.35. The molecule has 1 saturated carbocycles. The summed E-state index contributed by atoms with van der Waals surface area (Å²) in [5.41, 5.74) is 5.45. The molecule has 4 heteroatoms. The predicted octanol–water partition coefficient (Wildman–Crippen LogP) is -0.000700. The quantitative estimate of drug-likeness (QED) is 0.587. The zero-order valence-corrected chi connectivity index (χ0v) is 8.86. The van der Waals surface area contributed by atoms with Gasteiger partial charge in [0, 0.05) is 6.04 Å². The summed E-state index contributed by atoms with van der Waals surface area (Å²) >= 11 is 0. The molecule has 0 radical (unpaired) electrons. The van der Waals surface area contributed by atoms with Crippen LogP contribution in [0.1, 0.15) is 33.1 Å². The highest BCUT2D eigenvalue weighted by atomic mass is 16.3. The summed E-state index contributed by atoms with van der Waals surface area (Å²) in [5, 5.41) is 12.4. The van der Waals surface area contributed by atoms with Gasteiger partial charge in [-0.25, -0.2) is 0 Å². The highest BCUT2D eigenvalue weighted by Gasteiger charge is 2.27. The van der Waals surface area contributed by atoms with Gasteiger partial charge in [-0.2, -0.15) is 0 Å². The van der Waals surface area contributed by atoms with Gasteiger partial charge in [-0.1, -0.05) is 6.92 Å². The van der Waals surface area contributed by atoms with Gasteiger partial charge < -0.3 is 16.2 Å². The number of hydrogen-bond donors (Lipinski definition) is 3. The van der Waals surface area contributed by atoms with Gasteiger partial charge in [-0.3, -0.25) is 4.79 Å². The van der Waals surface area contributed by atoms with E-state index in [1.165, 1.54) is 0 Å². The Morgan fingerprint density at radius 1 is 1.57 bits per heavy atom. The molecule has 4 N–H and O–H groups in total. The van der Waals surface area contributed by atoms with E-state index in [2.05, 4.69) is 5.32 Å². The van der Waals surface area contributed by atoms with Crippen molar-refractivity contribution in [2.24, 2.45) is 11.7 Å². The van der Waals surface area contributed by atoms with Crippen LogP contribution >= 0.6 is 0 Å². The molecule has 1 amide bonds. The monoisotopic (exact) mass is 200 g/mol. The number of amides is 1. The molecule has 0 saturated heterocycles. The van der Waals surface area contributed by atoms with Crippen molar-refractivity contribution >= 4 is 5.91 Å². The molecule has 1 rings (SSSR count).